The number of amides is 1. The molecule has 1 unspecified atom stereocenters. The average molecular weight is 277 g/mol. The minimum atomic E-state index is -0.472. The van der Waals surface area contributed by atoms with Gasteiger partial charge in [0.05, 0.1) is 6.10 Å². The van der Waals surface area contributed by atoms with Crippen molar-refractivity contribution in [3.63, 3.8) is 0 Å². The summed E-state index contributed by atoms with van der Waals surface area (Å²) in [5.41, 5.74) is 0.842. The lowest BCUT2D eigenvalue weighted by Crippen LogP contribution is -2.38. The van der Waals surface area contributed by atoms with Crippen molar-refractivity contribution in [2.75, 3.05) is 24.5 Å². The third kappa shape index (κ3) is 3.93. The number of nitrogens with one attached hydrogen (secondary N) is 1. The lowest BCUT2D eigenvalue weighted by molar-refractivity contribution is -0.119. The van der Waals surface area contributed by atoms with Crippen molar-refractivity contribution in [3.05, 3.63) is 23.9 Å². The maximum atomic E-state index is 10.9. The number of hydrogen-bond acceptors (Lipinski definition) is 4. The first-order valence-electron chi connectivity index (χ1n) is 7.19. The Morgan fingerprint density at radius 3 is 2.70 bits per heavy atom. The molecule has 1 amide bonds. The van der Waals surface area contributed by atoms with E-state index in [0.717, 1.165) is 43.9 Å². The van der Waals surface area contributed by atoms with Crippen LogP contribution in [-0.2, 0) is 4.79 Å². The van der Waals surface area contributed by atoms with E-state index >= 15 is 0 Å². The Hall–Kier alpha value is -1.62. The molecule has 0 saturated carbocycles. The van der Waals surface area contributed by atoms with Gasteiger partial charge in [-0.1, -0.05) is 6.07 Å². The predicted octanol–water partition coefficient (Wildman–Crippen LogP) is 1.49. The van der Waals surface area contributed by atoms with E-state index in [4.69, 9.17) is 0 Å². The molecule has 1 saturated heterocycles. The molecule has 1 fully saturated rings. The fraction of sp³-hybridized carbons (Fsp3) is 0.600. The number of hydrogen-bond donors (Lipinski definition) is 2. The average Bonchev–Trinajstić information content (AvgIpc) is 2.46. The van der Waals surface area contributed by atoms with E-state index in [-0.39, 0.29) is 5.91 Å². The van der Waals surface area contributed by atoms with Gasteiger partial charge in [0.25, 0.3) is 0 Å². The Morgan fingerprint density at radius 1 is 1.50 bits per heavy atom. The second-order valence-corrected chi connectivity index (χ2v) is 5.49. The summed E-state index contributed by atoms with van der Waals surface area (Å²) in [5, 5.41) is 12.4. The van der Waals surface area contributed by atoms with Crippen LogP contribution in [-0.4, -0.2) is 35.6 Å². The molecule has 1 aliphatic rings. The van der Waals surface area contributed by atoms with Crippen LogP contribution < -0.4 is 10.2 Å². The van der Waals surface area contributed by atoms with Gasteiger partial charge in [-0.2, -0.15) is 0 Å². The van der Waals surface area contributed by atoms with E-state index < -0.39 is 6.10 Å². The third-order valence-corrected chi connectivity index (χ3v) is 3.83. The van der Waals surface area contributed by atoms with Gasteiger partial charge in [-0.3, -0.25) is 4.79 Å². The number of carbonyl (C=O) groups excluding carboxylic acids is 1. The van der Waals surface area contributed by atoms with Crippen LogP contribution in [0.4, 0.5) is 5.82 Å². The van der Waals surface area contributed by atoms with Crippen molar-refractivity contribution in [2.45, 2.75) is 32.8 Å². The molecule has 0 radical (unpaired) electrons. The summed E-state index contributed by atoms with van der Waals surface area (Å²) in [4.78, 5) is 17.6. The molecule has 110 valence electrons. The molecular formula is C15H23N3O2. The molecule has 5 heteroatoms. The Morgan fingerprint density at radius 2 is 2.20 bits per heavy atom. The minimum absolute atomic E-state index is 0.0443. The van der Waals surface area contributed by atoms with Crippen molar-refractivity contribution in [1.82, 2.24) is 10.3 Å². The number of piperidine rings is 1. The molecule has 1 atom stereocenters. The van der Waals surface area contributed by atoms with E-state index in [9.17, 15) is 9.90 Å². The largest absolute Gasteiger partial charge is 0.389 e. The number of rotatable bonds is 4. The number of nitrogens with zero attached hydrogens (tertiary/aromatic N) is 2. The van der Waals surface area contributed by atoms with Gasteiger partial charge in [0.1, 0.15) is 5.82 Å². The van der Waals surface area contributed by atoms with E-state index in [1.165, 1.54) is 0 Å². The molecule has 5 nitrogen and oxygen atoms in total. The summed E-state index contributed by atoms with van der Waals surface area (Å²) < 4.78 is 0. The zero-order chi connectivity index (χ0) is 14.5. The number of aromatic nitrogens is 1. The lowest BCUT2D eigenvalue weighted by Gasteiger charge is -2.32. The first-order valence-corrected chi connectivity index (χ1v) is 7.19. The Labute approximate surface area is 120 Å². The summed E-state index contributed by atoms with van der Waals surface area (Å²) in [6.07, 6.45) is 3.41. The number of aliphatic hydroxyl groups excluding tert-OH is 1. The van der Waals surface area contributed by atoms with Crippen LogP contribution in [0.5, 0.6) is 0 Å². The molecular weight excluding hydrogens is 254 g/mol. The summed E-state index contributed by atoms with van der Waals surface area (Å²) in [6, 6.07) is 3.90. The van der Waals surface area contributed by atoms with Gasteiger partial charge in [-0.05, 0) is 37.3 Å². The standard InChI is InChI=1S/C15H23N3O2/c1-11(19)14-3-4-15(17-10-14)18-7-5-13(6-8-18)9-16-12(2)20/h3-4,10-11,13,19H,5-9H2,1-2H3,(H,16,20). The molecule has 0 spiro atoms. The van der Waals surface area contributed by atoms with E-state index in [0.29, 0.717) is 5.92 Å². The van der Waals surface area contributed by atoms with Crippen molar-refractivity contribution < 1.29 is 9.90 Å². The summed E-state index contributed by atoms with van der Waals surface area (Å²) in [6.45, 7) is 6.00. The second kappa shape index (κ2) is 6.70. The normalized spacial score (nSPS) is 17.9. The second-order valence-electron chi connectivity index (χ2n) is 5.49. The highest BCUT2D eigenvalue weighted by atomic mass is 16.3. The molecule has 0 aliphatic carbocycles. The first-order chi connectivity index (χ1) is 9.56. The molecule has 2 N–H and O–H groups in total. The highest BCUT2D eigenvalue weighted by Crippen LogP contribution is 2.22. The minimum Gasteiger partial charge on any atom is -0.389 e. The van der Waals surface area contributed by atoms with E-state index in [1.54, 1.807) is 20.0 Å². The van der Waals surface area contributed by atoms with Crippen LogP contribution >= 0.6 is 0 Å². The summed E-state index contributed by atoms with van der Waals surface area (Å²) in [5.74, 6) is 1.57. The predicted molar refractivity (Wildman–Crippen MR) is 78.5 cm³/mol. The molecule has 1 aliphatic heterocycles. The molecule has 0 aromatic carbocycles. The van der Waals surface area contributed by atoms with Crippen LogP contribution in [0, 0.1) is 5.92 Å². The van der Waals surface area contributed by atoms with Crippen LogP contribution in [0.1, 0.15) is 38.4 Å². The zero-order valence-electron chi connectivity index (χ0n) is 12.2. The van der Waals surface area contributed by atoms with Crippen molar-refractivity contribution in [1.29, 1.82) is 0 Å². The van der Waals surface area contributed by atoms with Crippen molar-refractivity contribution in [3.8, 4) is 0 Å². The van der Waals surface area contributed by atoms with Gasteiger partial charge in [0.15, 0.2) is 0 Å². The topological polar surface area (TPSA) is 65.5 Å². The molecule has 0 bridgehead atoms. The van der Waals surface area contributed by atoms with Gasteiger partial charge in [-0.25, -0.2) is 4.98 Å². The monoisotopic (exact) mass is 277 g/mol. The zero-order valence-corrected chi connectivity index (χ0v) is 12.2. The van der Waals surface area contributed by atoms with Crippen LogP contribution in [0.15, 0.2) is 18.3 Å². The maximum absolute atomic E-state index is 10.9. The first kappa shape index (κ1) is 14.8. The number of aliphatic hydroxyl groups is 1. The number of carbonyl (C=O) groups is 1. The van der Waals surface area contributed by atoms with Gasteiger partial charge in [-0.15, -0.1) is 0 Å². The van der Waals surface area contributed by atoms with Crippen molar-refractivity contribution >= 4 is 11.7 Å². The molecule has 20 heavy (non-hydrogen) atoms. The number of anilines is 1. The smallest absolute Gasteiger partial charge is 0.216 e. The highest BCUT2D eigenvalue weighted by molar-refractivity contribution is 5.72. The Bertz CT molecular complexity index is 437. The van der Waals surface area contributed by atoms with Crippen LogP contribution in [0.3, 0.4) is 0 Å². The lowest BCUT2D eigenvalue weighted by atomic mass is 9.97. The van der Waals surface area contributed by atoms with Gasteiger partial charge >= 0.3 is 0 Å². The van der Waals surface area contributed by atoms with E-state index in [1.807, 2.05) is 12.1 Å². The van der Waals surface area contributed by atoms with Gasteiger partial charge in [0.2, 0.25) is 5.91 Å². The van der Waals surface area contributed by atoms with E-state index in [2.05, 4.69) is 15.2 Å². The molecule has 2 heterocycles. The van der Waals surface area contributed by atoms with Crippen LogP contribution in [0.25, 0.3) is 0 Å². The van der Waals surface area contributed by atoms with Crippen molar-refractivity contribution in [2.24, 2.45) is 5.92 Å². The fourth-order valence-corrected chi connectivity index (χ4v) is 2.49. The summed E-state index contributed by atoms with van der Waals surface area (Å²) in [7, 11) is 0. The summed E-state index contributed by atoms with van der Waals surface area (Å²) >= 11 is 0. The third-order valence-electron chi connectivity index (χ3n) is 3.83. The number of pyridine rings is 1. The highest BCUT2D eigenvalue weighted by Gasteiger charge is 2.20. The molecule has 1 aromatic rings. The maximum Gasteiger partial charge on any atom is 0.216 e. The Balaban J connectivity index is 1.85. The molecule has 1 aromatic heterocycles. The van der Waals surface area contributed by atoms with Gasteiger partial charge in [0, 0.05) is 32.8 Å². The van der Waals surface area contributed by atoms with Crippen LogP contribution in [0.2, 0.25) is 0 Å². The van der Waals surface area contributed by atoms with Gasteiger partial charge < -0.3 is 15.3 Å². The SMILES string of the molecule is CC(=O)NCC1CCN(c2ccc(C(C)O)cn2)CC1. The quantitative estimate of drug-likeness (QED) is 0.875. The fourth-order valence-electron chi connectivity index (χ4n) is 2.49. The Kier molecular flexibility index (Phi) is 4.95. The molecule has 2 rings (SSSR count).